The van der Waals surface area contributed by atoms with Gasteiger partial charge < -0.3 is 15.7 Å². The van der Waals surface area contributed by atoms with Gasteiger partial charge in [0.05, 0.1) is 12.6 Å². The lowest BCUT2D eigenvalue weighted by Crippen LogP contribution is -2.43. The lowest BCUT2D eigenvalue weighted by molar-refractivity contribution is 0.255. The van der Waals surface area contributed by atoms with Gasteiger partial charge in [0, 0.05) is 7.05 Å². The third-order valence-electron chi connectivity index (χ3n) is 2.11. The molecule has 1 aromatic rings. The Bertz CT molecular complexity index is 303. The van der Waals surface area contributed by atoms with Gasteiger partial charge in [0.25, 0.3) is 0 Å². The fraction of sp³-hybridized carbons (Fsp3) is 0.364. The van der Waals surface area contributed by atoms with Crippen molar-refractivity contribution in [1.82, 2.24) is 10.6 Å². The molecule has 82 valence electrons. The molecule has 0 aliphatic carbocycles. The molecule has 0 aromatic heterocycles. The molecule has 1 rings (SSSR count). The molecule has 0 bridgehead atoms. The number of benzene rings is 1. The van der Waals surface area contributed by atoms with Gasteiger partial charge in [-0.05, 0) is 24.2 Å². The summed E-state index contributed by atoms with van der Waals surface area (Å²) in [4.78, 5) is 0. The van der Waals surface area contributed by atoms with Crippen LogP contribution in [-0.2, 0) is 6.42 Å². The Morgan fingerprint density at radius 1 is 1.40 bits per heavy atom. The first-order valence-electron chi connectivity index (χ1n) is 4.89. The van der Waals surface area contributed by atoms with Crippen LogP contribution < -0.4 is 10.6 Å². The zero-order valence-electron chi connectivity index (χ0n) is 8.73. The lowest BCUT2D eigenvalue weighted by Gasteiger charge is -2.17. The van der Waals surface area contributed by atoms with Crippen LogP contribution in [0.4, 0.5) is 0 Å². The summed E-state index contributed by atoms with van der Waals surface area (Å²) in [5.41, 5.74) is 1.18. The van der Waals surface area contributed by atoms with Crippen molar-refractivity contribution in [3.8, 4) is 0 Å². The van der Waals surface area contributed by atoms with Gasteiger partial charge in [-0.25, -0.2) is 0 Å². The predicted molar refractivity (Wildman–Crippen MR) is 65.8 cm³/mol. The summed E-state index contributed by atoms with van der Waals surface area (Å²) in [6.07, 6.45) is 0.763. The molecule has 0 aliphatic rings. The first-order chi connectivity index (χ1) is 7.26. The van der Waals surface area contributed by atoms with E-state index >= 15 is 0 Å². The predicted octanol–water partition coefficient (Wildman–Crippen LogP) is 0.684. The Labute approximate surface area is 95.5 Å². The van der Waals surface area contributed by atoms with E-state index in [2.05, 4.69) is 10.6 Å². The Morgan fingerprint density at radius 3 is 2.60 bits per heavy atom. The van der Waals surface area contributed by atoms with E-state index in [1.807, 2.05) is 30.3 Å². The van der Waals surface area contributed by atoms with Crippen molar-refractivity contribution >= 4 is 17.3 Å². The molecule has 0 unspecified atom stereocenters. The second kappa shape index (κ2) is 6.37. The highest BCUT2D eigenvalue weighted by atomic mass is 32.1. The van der Waals surface area contributed by atoms with E-state index in [0.29, 0.717) is 5.11 Å². The van der Waals surface area contributed by atoms with Crippen LogP contribution in [0.25, 0.3) is 0 Å². The fourth-order valence-corrected chi connectivity index (χ4v) is 1.48. The lowest BCUT2D eigenvalue weighted by atomic mass is 10.1. The van der Waals surface area contributed by atoms with Crippen molar-refractivity contribution in [2.45, 2.75) is 12.5 Å². The van der Waals surface area contributed by atoms with Gasteiger partial charge in [0.15, 0.2) is 5.11 Å². The molecule has 0 fully saturated rings. The highest BCUT2D eigenvalue weighted by molar-refractivity contribution is 7.80. The second-order valence-corrected chi connectivity index (χ2v) is 3.70. The second-order valence-electron chi connectivity index (χ2n) is 3.29. The maximum absolute atomic E-state index is 9.18. The van der Waals surface area contributed by atoms with E-state index in [1.165, 1.54) is 5.56 Å². The van der Waals surface area contributed by atoms with Crippen molar-refractivity contribution in [3.63, 3.8) is 0 Å². The summed E-state index contributed by atoms with van der Waals surface area (Å²) >= 11 is 4.98. The summed E-state index contributed by atoms with van der Waals surface area (Å²) in [5.74, 6) is 0. The van der Waals surface area contributed by atoms with Gasteiger partial charge in [0.1, 0.15) is 0 Å². The van der Waals surface area contributed by atoms with E-state index in [-0.39, 0.29) is 12.6 Å². The molecule has 3 nitrogen and oxygen atoms in total. The topological polar surface area (TPSA) is 44.3 Å². The van der Waals surface area contributed by atoms with Crippen molar-refractivity contribution < 1.29 is 5.11 Å². The van der Waals surface area contributed by atoms with Gasteiger partial charge in [-0.2, -0.15) is 0 Å². The highest BCUT2D eigenvalue weighted by Crippen LogP contribution is 2.02. The van der Waals surface area contributed by atoms with E-state index < -0.39 is 0 Å². The molecule has 3 N–H and O–H groups in total. The number of hydrogen-bond donors (Lipinski definition) is 3. The average Bonchev–Trinajstić information content (AvgIpc) is 2.29. The third-order valence-corrected chi connectivity index (χ3v) is 2.43. The molecule has 1 aromatic carbocycles. The molecule has 0 saturated carbocycles. The van der Waals surface area contributed by atoms with Gasteiger partial charge >= 0.3 is 0 Å². The van der Waals surface area contributed by atoms with Crippen molar-refractivity contribution in [2.75, 3.05) is 13.7 Å². The SMILES string of the molecule is CNC(=S)N[C@H](CO)Cc1ccccc1. The van der Waals surface area contributed by atoms with E-state index in [4.69, 9.17) is 12.2 Å². The number of thiocarbonyl (C=S) groups is 1. The average molecular weight is 224 g/mol. The molecule has 1 atom stereocenters. The molecule has 0 heterocycles. The molecular formula is C11H16N2OS. The molecule has 0 saturated heterocycles. The first kappa shape index (κ1) is 11.9. The standard InChI is InChI=1S/C11H16N2OS/c1-12-11(15)13-10(8-14)7-9-5-3-2-4-6-9/h2-6,10,14H,7-8H2,1H3,(H2,12,13,15)/t10-/m0/s1. The number of hydrogen-bond acceptors (Lipinski definition) is 2. The summed E-state index contributed by atoms with van der Waals surface area (Å²) in [5, 5.41) is 15.6. The summed E-state index contributed by atoms with van der Waals surface area (Å²) < 4.78 is 0. The van der Waals surface area contributed by atoms with Crippen LogP contribution >= 0.6 is 12.2 Å². The smallest absolute Gasteiger partial charge is 0.166 e. The quantitative estimate of drug-likeness (QED) is 0.658. The van der Waals surface area contributed by atoms with Crippen LogP contribution in [0.15, 0.2) is 30.3 Å². The van der Waals surface area contributed by atoms with E-state index in [0.717, 1.165) is 6.42 Å². The molecule has 0 spiro atoms. The Morgan fingerprint density at radius 2 is 2.07 bits per heavy atom. The van der Waals surface area contributed by atoms with E-state index in [9.17, 15) is 5.11 Å². The van der Waals surface area contributed by atoms with Crippen molar-refractivity contribution in [2.24, 2.45) is 0 Å². The molecule has 4 heteroatoms. The van der Waals surface area contributed by atoms with Gasteiger partial charge in [-0.15, -0.1) is 0 Å². The zero-order valence-corrected chi connectivity index (χ0v) is 9.55. The maximum Gasteiger partial charge on any atom is 0.166 e. The number of rotatable bonds is 4. The molecule has 0 amide bonds. The third kappa shape index (κ3) is 4.27. The summed E-state index contributed by atoms with van der Waals surface area (Å²) in [6.45, 7) is 0.0662. The van der Waals surface area contributed by atoms with Gasteiger partial charge in [0.2, 0.25) is 0 Å². The molecule has 15 heavy (non-hydrogen) atoms. The summed E-state index contributed by atoms with van der Waals surface area (Å²) in [6, 6.07) is 9.98. The highest BCUT2D eigenvalue weighted by Gasteiger charge is 2.08. The number of aliphatic hydroxyl groups is 1. The normalized spacial score (nSPS) is 11.9. The monoisotopic (exact) mass is 224 g/mol. The Kier molecular flexibility index (Phi) is 5.07. The molecular weight excluding hydrogens is 208 g/mol. The maximum atomic E-state index is 9.18. The fourth-order valence-electron chi connectivity index (χ4n) is 1.32. The zero-order chi connectivity index (χ0) is 11.1. The van der Waals surface area contributed by atoms with Crippen molar-refractivity contribution in [1.29, 1.82) is 0 Å². The Hall–Kier alpha value is -1.13. The minimum Gasteiger partial charge on any atom is -0.394 e. The van der Waals surface area contributed by atoms with Crippen LogP contribution in [0.1, 0.15) is 5.56 Å². The number of nitrogens with one attached hydrogen (secondary N) is 2. The van der Waals surface area contributed by atoms with E-state index in [1.54, 1.807) is 7.05 Å². The minimum absolute atomic E-state index is 0.0349. The largest absolute Gasteiger partial charge is 0.394 e. The summed E-state index contributed by atoms with van der Waals surface area (Å²) in [7, 11) is 1.76. The van der Waals surface area contributed by atoms with Crippen LogP contribution in [0.3, 0.4) is 0 Å². The first-order valence-corrected chi connectivity index (χ1v) is 5.30. The molecule has 0 radical (unpaired) electrons. The minimum atomic E-state index is -0.0349. The van der Waals surface area contributed by atoms with Crippen LogP contribution in [0.2, 0.25) is 0 Å². The van der Waals surface area contributed by atoms with Gasteiger partial charge in [-0.1, -0.05) is 30.3 Å². The van der Waals surface area contributed by atoms with Crippen LogP contribution in [0, 0.1) is 0 Å². The Balaban J connectivity index is 2.50. The van der Waals surface area contributed by atoms with Crippen molar-refractivity contribution in [3.05, 3.63) is 35.9 Å². The van der Waals surface area contributed by atoms with Gasteiger partial charge in [-0.3, -0.25) is 0 Å². The van der Waals surface area contributed by atoms with Crippen LogP contribution in [0.5, 0.6) is 0 Å². The molecule has 0 aliphatic heterocycles. The number of aliphatic hydroxyl groups excluding tert-OH is 1. The van der Waals surface area contributed by atoms with Crippen LogP contribution in [-0.4, -0.2) is 29.9 Å².